The average molecular weight is 770 g/mol. The quantitative estimate of drug-likeness (QED) is 0.167. The Morgan fingerprint density at radius 2 is 0.932 bits per heavy atom. The van der Waals surface area contributed by atoms with Gasteiger partial charge in [0.2, 0.25) is 5.43 Å². The zero-order valence-electron chi connectivity index (χ0n) is 31.6. The summed E-state index contributed by atoms with van der Waals surface area (Å²) in [4.78, 5) is 13.5. The van der Waals surface area contributed by atoms with Crippen LogP contribution >= 0.6 is 11.3 Å². The average Bonchev–Trinajstić information content (AvgIpc) is 3.96. The first-order valence-corrected chi connectivity index (χ1v) is 20.8. The van der Waals surface area contributed by atoms with Crippen LogP contribution in [0, 0.1) is 0 Å². The number of fused-ring (bicyclic) bond motifs is 11. The summed E-state index contributed by atoms with van der Waals surface area (Å²) in [5, 5.41) is 8.74. The van der Waals surface area contributed by atoms with Gasteiger partial charge in [-0.25, -0.2) is 0 Å². The van der Waals surface area contributed by atoms with E-state index in [2.05, 4.69) is 156 Å². The summed E-state index contributed by atoms with van der Waals surface area (Å²) < 4.78 is 11.1. The van der Waals surface area contributed by atoms with Crippen molar-refractivity contribution in [3.63, 3.8) is 0 Å². The van der Waals surface area contributed by atoms with Crippen molar-refractivity contribution in [3.8, 4) is 44.5 Å². The molecule has 0 amide bonds. The Balaban J connectivity index is 1.00. The molecule has 0 saturated heterocycles. The second-order valence-corrected chi connectivity index (χ2v) is 16.7. The van der Waals surface area contributed by atoms with E-state index in [1.807, 2.05) is 47.7 Å². The van der Waals surface area contributed by atoms with Crippen molar-refractivity contribution in [1.82, 2.24) is 4.40 Å². The first kappa shape index (κ1) is 32.5. The maximum Gasteiger partial charge on any atom is 0.200 e. The number of hydrogen-bond donors (Lipinski definition) is 0. The van der Waals surface area contributed by atoms with E-state index in [9.17, 15) is 4.79 Å². The summed E-state index contributed by atoms with van der Waals surface area (Å²) >= 11 is 1.82. The molecule has 0 bridgehead atoms. The third kappa shape index (κ3) is 4.78. The van der Waals surface area contributed by atoms with Gasteiger partial charge in [-0.1, -0.05) is 109 Å². The number of aromatic nitrogens is 1. The van der Waals surface area contributed by atoms with Crippen LogP contribution in [0.5, 0.6) is 0 Å². The van der Waals surface area contributed by atoms with E-state index < -0.39 is 0 Å². The number of thiophene rings is 1. The molecule has 4 heterocycles. The van der Waals surface area contributed by atoms with Crippen molar-refractivity contribution in [2.45, 2.75) is 0 Å². The fourth-order valence-electron chi connectivity index (χ4n) is 9.57. The van der Waals surface area contributed by atoms with Crippen LogP contribution in [-0.2, 0) is 0 Å². The fourth-order valence-corrected chi connectivity index (χ4v) is 10.6. The standard InChI is InChI=1S/C55H31NO2S/c57-55-43-14-6-9-17-49(43)58-50-23-18-33(31-46(50)55)34-19-24-51-44(29-34)45-30-35(20-25-52(45)59-51)37-26-36(32-10-2-1-3-11-32)27-38(28-37)39-21-22-41-40-12-4-7-15-47(40)56-48-16-8-5-13-42(48)53(39)54(41)56/h1-31H. The molecule has 4 heteroatoms. The lowest BCUT2D eigenvalue weighted by atomic mass is 9.90. The summed E-state index contributed by atoms with van der Waals surface area (Å²) in [6, 6.07) is 67.0. The minimum atomic E-state index is -0.00671. The van der Waals surface area contributed by atoms with Gasteiger partial charge in [0, 0.05) is 41.7 Å². The summed E-state index contributed by atoms with van der Waals surface area (Å²) in [6.07, 6.45) is 0. The molecule has 0 saturated carbocycles. The predicted octanol–water partition coefficient (Wildman–Crippen LogP) is 15.1. The molecule has 0 spiro atoms. The Hall–Kier alpha value is -7.53. The van der Waals surface area contributed by atoms with Gasteiger partial charge in [0.15, 0.2) is 0 Å². The first-order valence-electron chi connectivity index (χ1n) is 19.9. The monoisotopic (exact) mass is 769 g/mol. The minimum absolute atomic E-state index is 0.00671. The second-order valence-electron chi connectivity index (χ2n) is 15.6. The highest BCUT2D eigenvalue weighted by Crippen LogP contribution is 2.46. The van der Waals surface area contributed by atoms with Crippen LogP contribution in [0.3, 0.4) is 0 Å². The molecule has 3 nitrogen and oxygen atoms in total. The lowest BCUT2D eigenvalue weighted by Gasteiger charge is -2.13. The molecule has 0 aliphatic carbocycles. The highest BCUT2D eigenvalue weighted by atomic mass is 32.1. The van der Waals surface area contributed by atoms with E-state index in [4.69, 9.17) is 4.42 Å². The van der Waals surface area contributed by atoms with Crippen LogP contribution in [0.1, 0.15) is 0 Å². The summed E-state index contributed by atoms with van der Waals surface area (Å²) in [6.45, 7) is 0. The van der Waals surface area contributed by atoms with E-state index in [1.54, 1.807) is 0 Å². The van der Waals surface area contributed by atoms with Gasteiger partial charge in [-0.05, 0) is 123 Å². The van der Waals surface area contributed by atoms with Crippen LogP contribution < -0.4 is 5.43 Å². The maximum atomic E-state index is 13.5. The molecule has 0 radical (unpaired) electrons. The van der Waals surface area contributed by atoms with Gasteiger partial charge in [0.05, 0.1) is 27.3 Å². The summed E-state index contributed by atoms with van der Waals surface area (Å²) in [5.74, 6) is 0. The topological polar surface area (TPSA) is 34.6 Å². The lowest BCUT2D eigenvalue weighted by molar-refractivity contribution is 0.660. The zero-order chi connectivity index (χ0) is 38.8. The van der Waals surface area contributed by atoms with Crippen LogP contribution in [0.2, 0.25) is 0 Å². The largest absolute Gasteiger partial charge is 0.456 e. The van der Waals surface area contributed by atoms with Gasteiger partial charge in [-0.3, -0.25) is 4.79 Å². The lowest BCUT2D eigenvalue weighted by Crippen LogP contribution is -2.01. The van der Waals surface area contributed by atoms with Gasteiger partial charge in [0.25, 0.3) is 0 Å². The number of benzene rings is 9. The van der Waals surface area contributed by atoms with E-state index in [-0.39, 0.29) is 5.43 Å². The first-order chi connectivity index (χ1) is 29.1. The molecular formula is C55H31NO2S. The molecule has 0 aliphatic rings. The zero-order valence-corrected chi connectivity index (χ0v) is 32.4. The normalized spacial score (nSPS) is 12.1. The van der Waals surface area contributed by atoms with Gasteiger partial charge in [-0.2, -0.15) is 0 Å². The smallest absolute Gasteiger partial charge is 0.200 e. The number of hydrogen-bond acceptors (Lipinski definition) is 3. The van der Waals surface area contributed by atoms with E-state index in [0.29, 0.717) is 21.9 Å². The highest BCUT2D eigenvalue weighted by Gasteiger charge is 2.21. The van der Waals surface area contributed by atoms with Crippen molar-refractivity contribution in [2.24, 2.45) is 0 Å². The van der Waals surface area contributed by atoms with Gasteiger partial charge in [-0.15, -0.1) is 11.3 Å². The minimum Gasteiger partial charge on any atom is -0.456 e. The highest BCUT2D eigenvalue weighted by molar-refractivity contribution is 7.25. The van der Waals surface area contributed by atoms with Gasteiger partial charge < -0.3 is 8.82 Å². The van der Waals surface area contributed by atoms with Gasteiger partial charge >= 0.3 is 0 Å². The molecule has 13 rings (SSSR count). The van der Waals surface area contributed by atoms with E-state index in [1.165, 1.54) is 91.6 Å². The molecule has 59 heavy (non-hydrogen) atoms. The number of para-hydroxylation sites is 3. The molecule has 274 valence electrons. The molecule has 0 atom stereocenters. The molecule has 0 unspecified atom stereocenters. The predicted molar refractivity (Wildman–Crippen MR) is 249 cm³/mol. The Kier molecular flexibility index (Phi) is 6.75. The number of nitrogens with zero attached hydrogens (tertiary/aromatic N) is 1. The number of rotatable bonds is 4. The van der Waals surface area contributed by atoms with Crippen molar-refractivity contribution in [2.75, 3.05) is 0 Å². The molecule has 0 aliphatic heterocycles. The van der Waals surface area contributed by atoms with E-state index in [0.717, 1.165) is 11.1 Å². The van der Waals surface area contributed by atoms with Crippen LogP contribution in [-0.4, -0.2) is 4.40 Å². The van der Waals surface area contributed by atoms with Crippen molar-refractivity contribution >= 4 is 91.5 Å². The SMILES string of the molecule is O=c1c2ccccc2oc2ccc(-c3ccc4sc5ccc(-c6cc(-c7ccccc7)cc(-c7ccc8c9ccccc9n9c%10ccccc%10c7c89)c6)cc5c4c3)cc12. The fraction of sp³-hybridized carbons (Fsp3) is 0. The van der Waals surface area contributed by atoms with Crippen LogP contribution in [0.25, 0.3) is 125 Å². The van der Waals surface area contributed by atoms with Gasteiger partial charge in [0.1, 0.15) is 11.2 Å². The molecular weight excluding hydrogens is 739 g/mol. The third-order valence-electron chi connectivity index (χ3n) is 12.3. The Morgan fingerprint density at radius 1 is 0.373 bits per heavy atom. The molecule has 9 aromatic carbocycles. The van der Waals surface area contributed by atoms with Crippen LogP contribution in [0.15, 0.2) is 197 Å². The Morgan fingerprint density at radius 3 is 1.69 bits per heavy atom. The molecule has 0 fully saturated rings. The Labute approximate surface area is 341 Å². The molecule has 13 aromatic rings. The van der Waals surface area contributed by atoms with Crippen molar-refractivity contribution < 1.29 is 4.42 Å². The summed E-state index contributed by atoms with van der Waals surface area (Å²) in [7, 11) is 0. The molecule has 4 aromatic heterocycles. The second kappa shape index (κ2) is 12.2. The van der Waals surface area contributed by atoms with Crippen molar-refractivity contribution in [3.05, 3.63) is 198 Å². The Bertz CT molecular complexity index is 3930. The van der Waals surface area contributed by atoms with Crippen molar-refractivity contribution in [1.29, 1.82) is 0 Å². The maximum absolute atomic E-state index is 13.5. The summed E-state index contributed by atoms with van der Waals surface area (Å²) in [5.41, 5.74) is 14.1. The van der Waals surface area contributed by atoms with E-state index >= 15 is 0 Å². The van der Waals surface area contributed by atoms with Crippen LogP contribution in [0.4, 0.5) is 0 Å². The third-order valence-corrected chi connectivity index (χ3v) is 13.5. The molecule has 0 N–H and O–H groups in total.